The summed E-state index contributed by atoms with van der Waals surface area (Å²) >= 11 is 3.25. The number of carbonyl (C=O) groups is 1. The van der Waals surface area contributed by atoms with E-state index in [-0.39, 0.29) is 30.1 Å². The first-order valence-corrected chi connectivity index (χ1v) is 7.65. The molecule has 1 heterocycles. The summed E-state index contributed by atoms with van der Waals surface area (Å²) in [5.74, 6) is 0.477. The van der Waals surface area contributed by atoms with Crippen LogP contribution in [-0.2, 0) is 0 Å². The van der Waals surface area contributed by atoms with Crippen LogP contribution in [0.25, 0.3) is 0 Å². The molecule has 1 amide bonds. The van der Waals surface area contributed by atoms with Gasteiger partial charge in [-0.25, -0.2) is 0 Å². The second-order valence-corrected chi connectivity index (χ2v) is 6.09. The number of rotatable bonds is 5. The van der Waals surface area contributed by atoms with Gasteiger partial charge in [0, 0.05) is 12.6 Å². The van der Waals surface area contributed by atoms with Crippen LogP contribution in [0, 0.1) is 0 Å². The molecule has 0 radical (unpaired) electrons. The van der Waals surface area contributed by atoms with Crippen LogP contribution in [0.4, 0.5) is 0 Å². The second kappa shape index (κ2) is 8.36. The molecular weight excluding hydrogens is 368 g/mol. The fourth-order valence-electron chi connectivity index (χ4n) is 1.98. The molecule has 0 bridgehead atoms. The Labute approximate surface area is 145 Å². The molecule has 4 nitrogen and oxygen atoms in total. The van der Waals surface area contributed by atoms with Gasteiger partial charge in [0.2, 0.25) is 5.76 Å². The Morgan fingerprint density at radius 1 is 1.23 bits per heavy atom. The maximum atomic E-state index is 11.9. The van der Waals surface area contributed by atoms with Crippen LogP contribution in [0.15, 0.2) is 45.5 Å². The fourth-order valence-corrected chi connectivity index (χ4v) is 2.37. The maximum Gasteiger partial charge on any atom is 0.288 e. The average molecular weight is 388 g/mol. The first-order chi connectivity index (χ1) is 9.99. The summed E-state index contributed by atoms with van der Waals surface area (Å²) in [5.41, 5.74) is 8.37. The van der Waals surface area contributed by atoms with Crippen molar-refractivity contribution in [1.29, 1.82) is 0 Å². The molecule has 0 aliphatic carbocycles. The molecule has 0 aliphatic rings. The molecule has 1 unspecified atom stereocenters. The third-order valence-electron chi connectivity index (χ3n) is 3.34. The highest BCUT2D eigenvalue weighted by Gasteiger charge is 2.15. The van der Waals surface area contributed by atoms with Crippen LogP contribution in [0.3, 0.4) is 0 Å². The number of nitrogens with one attached hydrogen (secondary N) is 1. The van der Waals surface area contributed by atoms with E-state index in [0.717, 1.165) is 5.56 Å². The van der Waals surface area contributed by atoms with Gasteiger partial charge in [-0.3, -0.25) is 4.79 Å². The molecule has 2 aromatic rings. The van der Waals surface area contributed by atoms with Crippen molar-refractivity contribution in [3.05, 3.63) is 58.0 Å². The maximum absolute atomic E-state index is 11.9. The van der Waals surface area contributed by atoms with Gasteiger partial charge in [-0.2, -0.15) is 0 Å². The predicted octanol–water partition coefficient (Wildman–Crippen LogP) is 4.02. The molecule has 0 saturated heterocycles. The van der Waals surface area contributed by atoms with Gasteiger partial charge in [-0.15, -0.1) is 12.4 Å². The topological polar surface area (TPSA) is 68.3 Å². The second-order valence-electron chi connectivity index (χ2n) is 5.24. The van der Waals surface area contributed by atoms with Gasteiger partial charge in [0.1, 0.15) is 0 Å². The standard InChI is InChI=1S/C16H19BrN2O2.ClH/c1-10(2)11-3-5-12(6-4-11)14(18)9-19-16(20)15-13(17)7-8-21-15;/h3-8,10,14H,9,18H2,1-2H3,(H,19,20);1H. The number of furan rings is 1. The lowest BCUT2D eigenvalue weighted by Crippen LogP contribution is -2.31. The molecule has 6 heteroatoms. The van der Waals surface area contributed by atoms with Gasteiger partial charge in [0.25, 0.3) is 5.91 Å². The smallest absolute Gasteiger partial charge is 0.288 e. The Balaban J connectivity index is 0.00000242. The number of amides is 1. The Bertz CT molecular complexity index is 611. The van der Waals surface area contributed by atoms with Gasteiger partial charge >= 0.3 is 0 Å². The van der Waals surface area contributed by atoms with E-state index in [9.17, 15) is 4.79 Å². The number of nitrogens with two attached hydrogens (primary N) is 1. The normalized spacial score (nSPS) is 11.9. The third kappa shape index (κ3) is 4.60. The minimum atomic E-state index is -0.277. The van der Waals surface area contributed by atoms with E-state index in [1.54, 1.807) is 6.07 Å². The highest BCUT2D eigenvalue weighted by Crippen LogP contribution is 2.19. The first kappa shape index (κ1) is 18.7. The molecule has 1 aromatic carbocycles. The number of carbonyl (C=O) groups excluding carboxylic acids is 1. The van der Waals surface area contributed by atoms with Gasteiger partial charge in [0.05, 0.1) is 10.7 Å². The zero-order valence-electron chi connectivity index (χ0n) is 12.5. The Morgan fingerprint density at radius 2 is 1.82 bits per heavy atom. The summed E-state index contributed by atoms with van der Waals surface area (Å²) in [4.78, 5) is 11.9. The van der Waals surface area contributed by atoms with E-state index in [1.165, 1.54) is 11.8 Å². The van der Waals surface area contributed by atoms with E-state index < -0.39 is 0 Å². The highest BCUT2D eigenvalue weighted by atomic mass is 79.9. The van der Waals surface area contributed by atoms with Crippen LogP contribution in [-0.4, -0.2) is 12.5 Å². The lowest BCUT2D eigenvalue weighted by molar-refractivity contribution is 0.0922. The summed E-state index contributed by atoms with van der Waals surface area (Å²) in [6, 6.07) is 9.60. The minimum Gasteiger partial charge on any atom is -0.458 e. The van der Waals surface area contributed by atoms with Crippen molar-refractivity contribution in [2.24, 2.45) is 5.73 Å². The largest absolute Gasteiger partial charge is 0.458 e. The Hall–Kier alpha value is -1.30. The van der Waals surface area contributed by atoms with Gasteiger partial charge in [0.15, 0.2) is 0 Å². The summed E-state index contributed by atoms with van der Waals surface area (Å²) in [6.45, 7) is 4.65. The van der Waals surface area contributed by atoms with E-state index >= 15 is 0 Å². The van der Waals surface area contributed by atoms with Crippen LogP contribution in [0.2, 0.25) is 0 Å². The summed E-state index contributed by atoms with van der Waals surface area (Å²) in [7, 11) is 0. The number of halogens is 2. The average Bonchev–Trinajstić information content (AvgIpc) is 2.90. The van der Waals surface area contributed by atoms with Crippen LogP contribution < -0.4 is 11.1 Å². The zero-order chi connectivity index (χ0) is 15.4. The molecule has 0 fully saturated rings. The molecule has 120 valence electrons. The highest BCUT2D eigenvalue weighted by molar-refractivity contribution is 9.10. The third-order valence-corrected chi connectivity index (χ3v) is 3.96. The number of benzene rings is 1. The fraction of sp³-hybridized carbons (Fsp3) is 0.312. The van der Waals surface area contributed by atoms with Crippen molar-refractivity contribution in [3.63, 3.8) is 0 Å². The number of hydrogen-bond donors (Lipinski definition) is 2. The molecule has 22 heavy (non-hydrogen) atoms. The lowest BCUT2D eigenvalue weighted by atomic mass is 9.99. The van der Waals surface area contributed by atoms with Crippen LogP contribution >= 0.6 is 28.3 Å². The zero-order valence-corrected chi connectivity index (χ0v) is 14.9. The van der Waals surface area contributed by atoms with Crippen LogP contribution in [0.5, 0.6) is 0 Å². The van der Waals surface area contributed by atoms with Crippen molar-refractivity contribution in [2.75, 3.05) is 6.54 Å². The summed E-state index contributed by atoms with van der Waals surface area (Å²) in [5, 5.41) is 2.77. The lowest BCUT2D eigenvalue weighted by Gasteiger charge is -2.14. The van der Waals surface area contributed by atoms with E-state index in [4.69, 9.17) is 10.2 Å². The Kier molecular flexibility index (Phi) is 7.13. The van der Waals surface area contributed by atoms with Crippen molar-refractivity contribution in [1.82, 2.24) is 5.32 Å². The molecule has 0 aliphatic heterocycles. The number of hydrogen-bond acceptors (Lipinski definition) is 3. The van der Waals surface area contributed by atoms with Crippen LogP contribution in [0.1, 0.15) is 47.5 Å². The van der Waals surface area contributed by atoms with Gasteiger partial charge < -0.3 is 15.5 Å². The SMILES string of the molecule is CC(C)c1ccc(C(N)CNC(=O)c2occc2Br)cc1.Cl. The van der Waals surface area contributed by atoms with E-state index in [1.807, 2.05) is 12.1 Å². The Morgan fingerprint density at radius 3 is 2.32 bits per heavy atom. The molecule has 0 saturated carbocycles. The van der Waals surface area contributed by atoms with Crippen molar-refractivity contribution in [2.45, 2.75) is 25.8 Å². The monoisotopic (exact) mass is 386 g/mol. The molecule has 1 aromatic heterocycles. The quantitative estimate of drug-likeness (QED) is 0.814. The summed E-state index contributed by atoms with van der Waals surface area (Å²) < 4.78 is 5.74. The molecular formula is C16H20BrClN2O2. The molecule has 3 N–H and O–H groups in total. The molecule has 0 spiro atoms. The molecule has 2 rings (SSSR count). The van der Waals surface area contributed by atoms with Crippen molar-refractivity contribution >= 4 is 34.2 Å². The van der Waals surface area contributed by atoms with E-state index in [2.05, 4.69) is 47.2 Å². The predicted molar refractivity (Wildman–Crippen MR) is 93.4 cm³/mol. The molecule has 1 atom stereocenters. The van der Waals surface area contributed by atoms with Crippen molar-refractivity contribution < 1.29 is 9.21 Å². The van der Waals surface area contributed by atoms with Gasteiger partial charge in [-0.05, 0) is 39.0 Å². The van der Waals surface area contributed by atoms with E-state index in [0.29, 0.717) is 16.9 Å². The summed E-state index contributed by atoms with van der Waals surface area (Å²) in [6.07, 6.45) is 1.46. The van der Waals surface area contributed by atoms with Gasteiger partial charge in [-0.1, -0.05) is 38.1 Å². The van der Waals surface area contributed by atoms with Crippen molar-refractivity contribution in [3.8, 4) is 0 Å². The minimum absolute atomic E-state index is 0. The first-order valence-electron chi connectivity index (χ1n) is 6.85.